The second kappa shape index (κ2) is 9.13. The lowest BCUT2D eigenvalue weighted by Crippen LogP contribution is -2.28. The van der Waals surface area contributed by atoms with Crippen LogP contribution in [-0.4, -0.2) is 30.2 Å². The first-order valence-corrected chi connectivity index (χ1v) is 12.2. The molecule has 0 unspecified atom stereocenters. The molecule has 0 spiro atoms. The van der Waals surface area contributed by atoms with Gasteiger partial charge in [-0.05, 0) is 44.4 Å². The van der Waals surface area contributed by atoms with Crippen molar-refractivity contribution in [3.8, 4) is 0 Å². The van der Waals surface area contributed by atoms with E-state index in [1.54, 1.807) is 0 Å². The van der Waals surface area contributed by atoms with Crippen molar-refractivity contribution in [1.82, 2.24) is 0 Å². The number of benzene rings is 2. The highest BCUT2D eigenvalue weighted by molar-refractivity contribution is 6.03. The van der Waals surface area contributed by atoms with Crippen LogP contribution in [0.3, 0.4) is 0 Å². The van der Waals surface area contributed by atoms with Crippen LogP contribution in [0.2, 0.25) is 0 Å². The Balaban J connectivity index is 1.65. The van der Waals surface area contributed by atoms with Crippen molar-refractivity contribution in [1.29, 1.82) is 0 Å². The highest BCUT2D eigenvalue weighted by atomic mass is 16.1. The maximum absolute atomic E-state index is 10.7. The van der Waals surface area contributed by atoms with Gasteiger partial charge in [-0.1, -0.05) is 56.3 Å². The summed E-state index contributed by atoms with van der Waals surface area (Å²) >= 11 is 0. The molecule has 2 aliphatic heterocycles. The minimum Gasteiger partial charge on any atom is -0.347 e. The van der Waals surface area contributed by atoms with Crippen LogP contribution < -0.4 is 4.90 Å². The largest absolute Gasteiger partial charge is 0.347 e. The first-order valence-electron chi connectivity index (χ1n) is 12.2. The summed E-state index contributed by atoms with van der Waals surface area (Å²) in [4.78, 5) is 13.0. The second-order valence-electron chi connectivity index (χ2n) is 10.3. The summed E-state index contributed by atoms with van der Waals surface area (Å²) in [5, 5.41) is 0. The van der Waals surface area contributed by atoms with Crippen LogP contribution in [-0.2, 0) is 15.6 Å². The summed E-state index contributed by atoms with van der Waals surface area (Å²) in [5.41, 5.74) is 7.96. The molecular formula is C30H37N2O+. The molecule has 2 aliphatic rings. The predicted molar refractivity (Wildman–Crippen MR) is 139 cm³/mol. The van der Waals surface area contributed by atoms with Crippen LogP contribution in [0.15, 0.2) is 72.5 Å². The Bertz CT molecular complexity index is 1130. The number of aldehydes is 1. The lowest BCUT2D eigenvalue weighted by atomic mass is 9.81. The molecule has 3 nitrogen and oxygen atoms in total. The van der Waals surface area contributed by atoms with E-state index in [4.69, 9.17) is 0 Å². The molecule has 0 saturated heterocycles. The van der Waals surface area contributed by atoms with E-state index in [0.29, 0.717) is 6.42 Å². The zero-order valence-electron chi connectivity index (χ0n) is 20.8. The Morgan fingerprint density at radius 1 is 0.879 bits per heavy atom. The third-order valence-corrected chi connectivity index (χ3v) is 7.45. The molecule has 4 rings (SSSR count). The summed E-state index contributed by atoms with van der Waals surface area (Å²) in [7, 11) is 2.17. The van der Waals surface area contributed by atoms with Gasteiger partial charge in [0.25, 0.3) is 0 Å². The molecule has 0 aliphatic carbocycles. The van der Waals surface area contributed by atoms with Crippen molar-refractivity contribution in [2.24, 2.45) is 0 Å². The average Bonchev–Trinajstić information content (AvgIpc) is 3.13. The number of anilines is 1. The molecule has 172 valence electrons. The Hall–Kier alpha value is -2.94. The number of rotatable bonds is 8. The highest BCUT2D eigenvalue weighted by Gasteiger charge is 2.44. The number of para-hydroxylation sites is 2. The molecular weight excluding hydrogens is 404 g/mol. The molecule has 0 radical (unpaired) electrons. The van der Waals surface area contributed by atoms with Gasteiger partial charge in [0.1, 0.15) is 12.8 Å². The molecule has 0 amide bonds. The molecule has 0 atom stereocenters. The Labute approximate surface area is 199 Å². The summed E-state index contributed by atoms with van der Waals surface area (Å²) in [6, 6.07) is 17.5. The predicted octanol–water partition coefficient (Wildman–Crippen LogP) is 6.69. The number of hydrogen-bond donors (Lipinski definition) is 0. The number of fused-ring (bicyclic) bond motifs is 2. The van der Waals surface area contributed by atoms with Gasteiger partial charge in [0, 0.05) is 54.4 Å². The molecule has 33 heavy (non-hydrogen) atoms. The normalized spacial score (nSPS) is 19.4. The quantitative estimate of drug-likeness (QED) is 0.259. The van der Waals surface area contributed by atoms with Gasteiger partial charge < -0.3 is 9.69 Å². The lowest BCUT2D eigenvalue weighted by Gasteiger charge is -2.23. The first-order chi connectivity index (χ1) is 15.8. The molecule has 0 saturated carbocycles. The van der Waals surface area contributed by atoms with Crippen molar-refractivity contribution in [2.75, 3.05) is 18.5 Å². The van der Waals surface area contributed by atoms with E-state index >= 15 is 0 Å². The van der Waals surface area contributed by atoms with E-state index in [2.05, 4.69) is 111 Å². The van der Waals surface area contributed by atoms with E-state index in [0.717, 1.165) is 32.1 Å². The van der Waals surface area contributed by atoms with Gasteiger partial charge in [0.15, 0.2) is 5.71 Å². The van der Waals surface area contributed by atoms with E-state index < -0.39 is 0 Å². The summed E-state index contributed by atoms with van der Waals surface area (Å²) < 4.78 is 2.49. The molecule has 0 fully saturated rings. The number of carbonyl (C=O) groups is 1. The molecule has 3 heteroatoms. The number of hydrogen-bond acceptors (Lipinski definition) is 2. The van der Waals surface area contributed by atoms with E-state index in [1.807, 2.05) is 0 Å². The summed E-state index contributed by atoms with van der Waals surface area (Å²) in [6.07, 6.45) is 11.7. The lowest BCUT2D eigenvalue weighted by molar-refractivity contribution is -0.438. The summed E-state index contributed by atoms with van der Waals surface area (Å²) in [5.74, 6) is 0. The standard InChI is InChI=1S/C30H37N2O/c1-29(2)23-15-8-10-17-25(23)31(5)27(29)19-14-20-28-30(3,4)24-16-9-11-18-26(24)32(28)21-12-6-7-13-22-33/h8-11,14-20,22H,6-7,12-13,21H2,1-5H3/q+1. The average molecular weight is 442 g/mol. The van der Waals surface area contributed by atoms with Crippen LogP contribution in [0.4, 0.5) is 11.4 Å². The van der Waals surface area contributed by atoms with Crippen LogP contribution in [0, 0.1) is 0 Å². The van der Waals surface area contributed by atoms with Crippen molar-refractivity contribution < 1.29 is 9.37 Å². The second-order valence-corrected chi connectivity index (χ2v) is 10.3. The molecule has 2 aromatic rings. The van der Waals surface area contributed by atoms with E-state index in [9.17, 15) is 4.79 Å². The van der Waals surface area contributed by atoms with Gasteiger partial charge in [-0.25, -0.2) is 0 Å². The molecule has 0 aromatic heterocycles. The minimum absolute atomic E-state index is 0.0211. The van der Waals surface area contributed by atoms with Crippen LogP contribution in [0.5, 0.6) is 0 Å². The molecule has 2 heterocycles. The number of unbranched alkanes of at least 4 members (excludes halogenated alkanes) is 3. The zero-order valence-corrected chi connectivity index (χ0v) is 20.8. The Kier molecular flexibility index (Phi) is 6.43. The monoisotopic (exact) mass is 441 g/mol. The van der Waals surface area contributed by atoms with E-state index in [1.165, 1.54) is 33.9 Å². The van der Waals surface area contributed by atoms with Gasteiger partial charge in [-0.15, -0.1) is 0 Å². The third-order valence-electron chi connectivity index (χ3n) is 7.45. The number of carbonyl (C=O) groups excluding carboxylic acids is 1. The first kappa shape index (κ1) is 23.2. The van der Waals surface area contributed by atoms with Gasteiger partial charge >= 0.3 is 0 Å². The van der Waals surface area contributed by atoms with Crippen LogP contribution in [0.1, 0.15) is 64.5 Å². The van der Waals surface area contributed by atoms with Gasteiger partial charge in [0.2, 0.25) is 5.69 Å². The number of allylic oxidation sites excluding steroid dienone is 4. The number of likely N-dealkylation sites (N-methyl/N-ethyl adjacent to an activating group) is 1. The minimum atomic E-state index is -0.0472. The fourth-order valence-electron chi connectivity index (χ4n) is 5.59. The third kappa shape index (κ3) is 4.10. The van der Waals surface area contributed by atoms with Gasteiger partial charge in [-0.2, -0.15) is 4.58 Å². The van der Waals surface area contributed by atoms with Crippen LogP contribution in [0.25, 0.3) is 0 Å². The number of nitrogens with zero attached hydrogens (tertiary/aromatic N) is 2. The van der Waals surface area contributed by atoms with Gasteiger partial charge in [-0.3, -0.25) is 0 Å². The highest BCUT2D eigenvalue weighted by Crippen LogP contribution is 2.46. The Morgan fingerprint density at radius 3 is 2.30 bits per heavy atom. The molecule has 2 aromatic carbocycles. The maximum Gasteiger partial charge on any atom is 0.209 e. The molecule has 0 N–H and O–H groups in total. The topological polar surface area (TPSA) is 23.3 Å². The van der Waals surface area contributed by atoms with Crippen molar-refractivity contribution in [3.63, 3.8) is 0 Å². The smallest absolute Gasteiger partial charge is 0.209 e. The fourth-order valence-corrected chi connectivity index (χ4v) is 5.59. The van der Waals surface area contributed by atoms with Gasteiger partial charge in [0.05, 0.1) is 5.41 Å². The Morgan fingerprint density at radius 2 is 1.58 bits per heavy atom. The zero-order chi connectivity index (χ0) is 23.6. The van der Waals surface area contributed by atoms with E-state index in [-0.39, 0.29) is 10.8 Å². The summed E-state index contributed by atoms with van der Waals surface area (Å²) in [6.45, 7) is 10.2. The van der Waals surface area contributed by atoms with Crippen molar-refractivity contribution in [3.05, 3.63) is 83.6 Å². The van der Waals surface area contributed by atoms with Crippen LogP contribution >= 0.6 is 0 Å². The molecule has 0 bridgehead atoms. The van der Waals surface area contributed by atoms with Crippen molar-refractivity contribution in [2.45, 2.75) is 64.2 Å². The van der Waals surface area contributed by atoms with Crippen molar-refractivity contribution >= 4 is 23.4 Å². The maximum atomic E-state index is 10.7. The SMILES string of the molecule is CN1/C(=C/C=C/C2=[N+](CCCCCC=O)c3ccccc3C2(C)C)C(C)(C)c2ccccc21. The fraction of sp³-hybridized carbons (Fsp3) is 0.400.